The van der Waals surface area contributed by atoms with Crippen molar-refractivity contribution in [2.75, 3.05) is 26.2 Å². The number of carboxylic acid groups (broad SMARTS) is 1. The van der Waals surface area contributed by atoms with E-state index in [1.807, 2.05) is 27.7 Å². The van der Waals surface area contributed by atoms with Crippen LogP contribution in [0.25, 0.3) is 0 Å². The first kappa shape index (κ1) is 27.3. The van der Waals surface area contributed by atoms with Crippen LogP contribution in [0.5, 0.6) is 0 Å². The third-order valence-electron chi connectivity index (χ3n) is 4.97. The van der Waals surface area contributed by atoms with Crippen molar-refractivity contribution >= 4 is 17.8 Å². The second-order valence-corrected chi connectivity index (χ2v) is 6.91. The average molecular weight is 415 g/mol. The smallest absolute Gasteiger partial charge is 0.305 e. The molecule has 0 spiro atoms. The highest BCUT2D eigenvalue weighted by atomic mass is 16.4. The van der Waals surface area contributed by atoms with Crippen LogP contribution in [-0.4, -0.2) is 61.2 Å². The molecule has 2 heterocycles. The molecule has 8 heteroatoms. The predicted octanol–water partition coefficient (Wildman–Crippen LogP) is 1.65. The summed E-state index contributed by atoms with van der Waals surface area (Å²) in [4.78, 5) is 34.9. The Morgan fingerprint density at radius 1 is 0.862 bits per heavy atom. The monoisotopic (exact) mass is 414 g/mol. The van der Waals surface area contributed by atoms with Crippen LogP contribution in [0.4, 0.5) is 0 Å². The predicted molar refractivity (Wildman–Crippen MR) is 116 cm³/mol. The molecule has 0 aromatic rings. The number of hydrogen-bond acceptors (Lipinski definition) is 5. The van der Waals surface area contributed by atoms with Gasteiger partial charge in [0.05, 0.1) is 18.5 Å². The van der Waals surface area contributed by atoms with Crippen LogP contribution in [-0.2, 0) is 14.4 Å². The first-order valence-corrected chi connectivity index (χ1v) is 11.3. The zero-order valence-corrected chi connectivity index (χ0v) is 18.7. The Labute approximate surface area is 176 Å². The van der Waals surface area contributed by atoms with Crippen molar-refractivity contribution in [2.45, 2.75) is 84.7 Å². The highest BCUT2D eigenvalue weighted by molar-refractivity contribution is 5.86. The summed E-state index contributed by atoms with van der Waals surface area (Å²) in [6, 6.07) is -0.778. The van der Waals surface area contributed by atoms with Gasteiger partial charge in [-0.1, -0.05) is 27.7 Å². The van der Waals surface area contributed by atoms with E-state index in [1.165, 1.54) is 0 Å². The van der Waals surface area contributed by atoms with Crippen molar-refractivity contribution in [3.8, 4) is 0 Å². The molecule has 0 radical (unpaired) electrons. The van der Waals surface area contributed by atoms with E-state index in [-0.39, 0.29) is 30.8 Å². The summed E-state index contributed by atoms with van der Waals surface area (Å²) in [5, 5.41) is 20.6. The van der Waals surface area contributed by atoms with E-state index in [1.54, 1.807) is 0 Å². The maximum Gasteiger partial charge on any atom is 0.305 e. The van der Waals surface area contributed by atoms with Gasteiger partial charge in [-0.05, 0) is 57.5 Å². The van der Waals surface area contributed by atoms with Crippen molar-refractivity contribution in [2.24, 2.45) is 5.92 Å². The Kier molecular flexibility index (Phi) is 16.2. The number of aliphatic carboxylic acids is 1. The van der Waals surface area contributed by atoms with Gasteiger partial charge in [-0.2, -0.15) is 0 Å². The zero-order chi connectivity index (χ0) is 22.1. The zero-order valence-electron chi connectivity index (χ0n) is 18.7. The molecule has 5 N–H and O–H groups in total. The lowest BCUT2D eigenvalue weighted by Gasteiger charge is -2.29. The number of carboxylic acids is 1. The number of nitrogens with one attached hydrogen (secondary N) is 4. The summed E-state index contributed by atoms with van der Waals surface area (Å²) in [7, 11) is 0. The Morgan fingerprint density at radius 3 is 1.90 bits per heavy atom. The van der Waals surface area contributed by atoms with E-state index < -0.39 is 12.0 Å². The van der Waals surface area contributed by atoms with Gasteiger partial charge in [0, 0.05) is 13.1 Å². The van der Waals surface area contributed by atoms with E-state index >= 15 is 0 Å². The third-order valence-corrected chi connectivity index (χ3v) is 4.97. The SMILES string of the molecule is CC.CC.O=C(O)CCNC(=O)C1CCCC(C(=O)NCCC2CCNCC2)N1. The van der Waals surface area contributed by atoms with Crippen LogP contribution in [0.3, 0.4) is 0 Å². The molecule has 2 aliphatic heterocycles. The molecule has 0 aromatic heterocycles. The van der Waals surface area contributed by atoms with E-state index in [2.05, 4.69) is 21.3 Å². The quantitative estimate of drug-likeness (QED) is 0.412. The fourth-order valence-electron chi connectivity index (χ4n) is 3.46. The molecule has 2 aliphatic rings. The summed E-state index contributed by atoms with van der Waals surface area (Å²) in [6.07, 6.45) is 5.41. The van der Waals surface area contributed by atoms with Crippen molar-refractivity contribution < 1.29 is 19.5 Å². The molecule has 0 saturated carbocycles. The van der Waals surface area contributed by atoms with Crippen molar-refractivity contribution in [3.05, 3.63) is 0 Å². The van der Waals surface area contributed by atoms with Gasteiger partial charge in [0.25, 0.3) is 0 Å². The van der Waals surface area contributed by atoms with Crippen LogP contribution in [0.15, 0.2) is 0 Å². The second-order valence-electron chi connectivity index (χ2n) is 6.91. The standard InChI is InChI=1S/C17H30N4O4.2C2H6/c22-15(23)7-11-20-17(25)14-3-1-2-13(21-14)16(24)19-10-6-12-4-8-18-9-5-12;2*1-2/h12-14,18,21H,1-11H2,(H,19,24)(H,20,25)(H,22,23);2*1-2H3. The highest BCUT2D eigenvalue weighted by Gasteiger charge is 2.30. The van der Waals surface area contributed by atoms with Crippen LogP contribution in [0.1, 0.15) is 72.6 Å². The Hall–Kier alpha value is -1.67. The number of rotatable bonds is 8. The number of amides is 2. The van der Waals surface area contributed by atoms with Gasteiger partial charge in [0.1, 0.15) is 0 Å². The van der Waals surface area contributed by atoms with E-state index in [0.29, 0.717) is 18.9 Å². The van der Waals surface area contributed by atoms with Crippen LogP contribution in [0, 0.1) is 5.92 Å². The summed E-state index contributed by atoms with van der Waals surface area (Å²) < 4.78 is 0. The molecule has 0 aromatic carbocycles. The largest absolute Gasteiger partial charge is 0.481 e. The maximum atomic E-state index is 12.3. The average Bonchev–Trinajstić information content (AvgIpc) is 2.77. The summed E-state index contributed by atoms with van der Waals surface area (Å²) in [6.45, 7) is 10.9. The lowest BCUT2D eigenvalue weighted by atomic mass is 9.94. The Balaban J connectivity index is 0.00000184. The number of piperidine rings is 2. The Morgan fingerprint density at radius 2 is 1.38 bits per heavy atom. The van der Waals surface area contributed by atoms with Crippen LogP contribution in [0.2, 0.25) is 0 Å². The van der Waals surface area contributed by atoms with Crippen molar-refractivity contribution in [3.63, 3.8) is 0 Å². The van der Waals surface area contributed by atoms with Gasteiger partial charge in [0.15, 0.2) is 0 Å². The molecule has 2 fully saturated rings. The van der Waals surface area contributed by atoms with Gasteiger partial charge in [-0.25, -0.2) is 0 Å². The highest BCUT2D eigenvalue weighted by Crippen LogP contribution is 2.16. The van der Waals surface area contributed by atoms with E-state index in [0.717, 1.165) is 45.2 Å². The minimum Gasteiger partial charge on any atom is -0.481 e. The maximum absolute atomic E-state index is 12.3. The summed E-state index contributed by atoms with van der Waals surface area (Å²) >= 11 is 0. The molecular formula is C21H42N4O4. The molecule has 0 aliphatic carbocycles. The van der Waals surface area contributed by atoms with E-state index in [4.69, 9.17) is 5.11 Å². The number of carbonyl (C=O) groups is 3. The molecule has 29 heavy (non-hydrogen) atoms. The molecule has 2 unspecified atom stereocenters. The first-order valence-electron chi connectivity index (χ1n) is 11.3. The molecule has 170 valence electrons. The Bertz CT molecular complexity index is 468. The molecular weight excluding hydrogens is 372 g/mol. The molecule has 2 rings (SSSR count). The van der Waals surface area contributed by atoms with Crippen molar-refractivity contribution in [1.29, 1.82) is 0 Å². The molecule has 0 bridgehead atoms. The molecule has 8 nitrogen and oxygen atoms in total. The number of carbonyl (C=O) groups excluding carboxylic acids is 2. The van der Waals surface area contributed by atoms with Gasteiger partial charge in [-0.15, -0.1) is 0 Å². The third kappa shape index (κ3) is 11.8. The topological polar surface area (TPSA) is 120 Å². The van der Waals surface area contributed by atoms with E-state index in [9.17, 15) is 14.4 Å². The minimum absolute atomic E-state index is 0.0445. The summed E-state index contributed by atoms with van der Waals surface area (Å²) in [5.74, 6) is -0.540. The van der Waals surface area contributed by atoms with Gasteiger partial charge in [0.2, 0.25) is 11.8 Å². The first-order chi connectivity index (χ1) is 14.1. The lowest BCUT2D eigenvalue weighted by molar-refractivity contribution is -0.137. The van der Waals surface area contributed by atoms with Crippen molar-refractivity contribution in [1.82, 2.24) is 21.3 Å². The second kappa shape index (κ2) is 17.2. The number of hydrogen-bond donors (Lipinski definition) is 5. The van der Waals surface area contributed by atoms with Crippen LogP contribution < -0.4 is 21.3 Å². The molecule has 2 amide bonds. The molecule has 2 atom stereocenters. The minimum atomic E-state index is -0.942. The van der Waals surface area contributed by atoms with Gasteiger partial charge >= 0.3 is 5.97 Å². The van der Waals surface area contributed by atoms with Gasteiger partial charge in [-0.3, -0.25) is 19.7 Å². The summed E-state index contributed by atoms with van der Waals surface area (Å²) in [5.41, 5.74) is 0. The molecule has 2 saturated heterocycles. The lowest BCUT2D eigenvalue weighted by Crippen LogP contribution is -2.56. The fraction of sp³-hybridized carbons (Fsp3) is 0.857. The normalized spacial score (nSPS) is 21.5. The fourth-order valence-corrected chi connectivity index (χ4v) is 3.46. The van der Waals surface area contributed by atoms with Gasteiger partial charge < -0.3 is 21.1 Å². The van der Waals surface area contributed by atoms with Crippen LogP contribution >= 0.6 is 0 Å².